The van der Waals surface area contributed by atoms with Crippen molar-refractivity contribution in [2.45, 2.75) is 72.3 Å². The lowest BCUT2D eigenvalue weighted by Gasteiger charge is -2.27. The van der Waals surface area contributed by atoms with E-state index >= 15 is 0 Å². The summed E-state index contributed by atoms with van der Waals surface area (Å²) in [4.78, 5) is 4.39. The fourth-order valence-electron chi connectivity index (χ4n) is 4.11. The zero-order chi connectivity index (χ0) is 18.4. The number of aryl methyl sites for hydroxylation is 2. The van der Waals surface area contributed by atoms with Gasteiger partial charge in [0.05, 0.1) is 5.69 Å². The van der Waals surface area contributed by atoms with E-state index < -0.39 is 0 Å². The minimum absolute atomic E-state index is 0. The zero-order valence-corrected chi connectivity index (χ0v) is 19.8. The van der Waals surface area contributed by atoms with Crippen LogP contribution in [0.1, 0.15) is 62.9 Å². The number of hydrogen-bond donors (Lipinski definition) is 2. The summed E-state index contributed by atoms with van der Waals surface area (Å²) in [5.74, 6) is 2.70. The van der Waals surface area contributed by atoms with Crippen LogP contribution in [0.2, 0.25) is 0 Å². The van der Waals surface area contributed by atoms with Crippen LogP contribution in [0.25, 0.3) is 0 Å². The van der Waals surface area contributed by atoms with Gasteiger partial charge in [0, 0.05) is 32.4 Å². The van der Waals surface area contributed by atoms with E-state index in [9.17, 15) is 0 Å². The molecule has 3 atom stereocenters. The molecule has 26 heavy (non-hydrogen) atoms. The van der Waals surface area contributed by atoms with Crippen LogP contribution >= 0.6 is 24.0 Å². The summed E-state index contributed by atoms with van der Waals surface area (Å²) in [6, 6.07) is 0.322. The van der Waals surface area contributed by atoms with Crippen molar-refractivity contribution in [3.05, 3.63) is 17.0 Å². The second-order valence-corrected chi connectivity index (χ2v) is 7.95. The molecule has 1 saturated carbocycles. The predicted molar refractivity (Wildman–Crippen MR) is 121 cm³/mol. The van der Waals surface area contributed by atoms with Crippen molar-refractivity contribution in [2.75, 3.05) is 13.6 Å². The number of guanidine groups is 1. The van der Waals surface area contributed by atoms with Crippen LogP contribution in [-0.4, -0.2) is 35.4 Å². The Balaban J connectivity index is 0.00000338. The zero-order valence-electron chi connectivity index (χ0n) is 17.4. The quantitative estimate of drug-likeness (QED) is 0.372. The number of hydrogen-bond acceptors (Lipinski definition) is 2. The average Bonchev–Trinajstić information content (AvgIpc) is 2.80. The van der Waals surface area contributed by atoms with E-state index in [1.54, 1.807) is 0 Å². The van der Waals surface area contributed by atoms with Crippen LogP contribution in [0, 0.1) is 25.7 Å². The first-order chi connectivity index (χ1) is 11.9. The first kappa shape index (κ1) is 23.2. The van der Waals surface area contributed by atoms with E-state index in [4.69, 9.17) is 0 Å². The summed E-state index contributed by atoms with van der Waals surface area (Å²) in [6.07, 6.45) is 7.82. The minimum atomic E-state index is 0. The van der Waals surface area contributed by atoms with Crippen LogP contribution < -0.4 is 10.6 Å². The molecule has 1 aromatic heterocycles. The fraction of sp³-hybridized carbons (Fsp3) is 0.800. The van der Waals surface area contributed by atoms with Crippen LogP contribution in [-0.2, 0) is 13.5 Å². The Morgan fingerprint density at radius 1 is 1.35 bits per heavy atom. The predicted octanol–water partition coefficient (Wildman–Crippen LogP) is 3.97. The fourth-order valence-corrected chi connectivity index (χ4v) is 4.11. The molecule has 0 radical (unpaired) electrons. The second-order valence-electron chi connectivity index (χ2n) is 7.95. The molecule has 0 aliphatic heterocycles. The van der Waals surface area contributed by atoms with Gasteiger partial charge in [0.1, 0.15) is 0 Å². The number of nitrogens with one attached hydrogen (secondary N) is 2. The topological polar surface area (TPSA) is 54.2 Å². The first-order valence-electron chi connectivity index (χ1n) is 9.87. The molecule has 5 nitrogen and oxygen atoms in total. The van der Waals surface area contributed by atoms with Crippen molar-refractivity contribution in [1.82, 2.24) is 20.4 Å². The third-order valence-corrected chi connectivity index (χ3v) is 5.67. The molecule has 6 heteroatoms. The highest BCUT2D eigenvalue weighted by molar-refractivity contribution is 14.0. The van der Waals surface area contributed by atoms with E-state index in [0.717, 1.165) is 36.5 Å². The molecule has 0 saturated heterocycles. The lowest BCUT2D eigenvalue weighted by Crippen LogP contribution is -2.43. The van der Waals surface area contributed by atoms with Crippen molar-refractivity contribution in [3.8, 4) is 0 Å². The maximum atomic E-state index is 4.51. The summed E-state index contributed by atoms with van der Waals surface area (Å²) in [5.41, 5.74) is 3.72. The summed E-state index contributed by atoms with van der Waals surface area (Å²) in [5, 5.41) is 11.5. The Hall–Kier alpha value is -0.790. The summed E-state index contributed by atoms with van der Waals surface area (Å²) >= 11 is 0. The van der Waals surface area contributed by atoms with Gasteiger partial charge in [-0.2, -0.15) is 5.10 Å². The van der Waals surface area contributed by atoms with Gasteiger partial charge in [0.25, 0.3) is 0 Å². The standard InChI is InChI=1S/C20H37N5.HI/c1-14-8-7-9-18(12-14)10-11-22-20(21-5)23-15(2)13-19-16(3)24-25(6)17(19)4;/h14-15,18H,7-13H2,1-6H3,(H2,21,22,23);1H. The first-order valence-corrected chi connectivity index (χ1v) is 9.87. The highest BCUT2D eigenvalue weighted by Gasteiger charge is 2.19. The molecule has 1 aliphatic rings. The molecule has 1 heterocycles. The SMILES string of the molecule is CN=C(NCCC1CCCC(C)C1)NC(C)Cc1c(C)nn(C)c1C.I. The van der Waals surface area contributed by atoms with Gasteiger partial charge in [-0.25, -0.2) is 0 Å². The molecule has 3 unspecified atom stereocenters. The molecule has 1 aromatic rings. The largest absolute Gasteiger partial charge is 0.356 e. The molecule has 1 fully saturated rings. The van der Waals surface area contributed by atoms with Crippen molar-refractivity contribution >= 4 is 29.9 Å². The molecular formula is C20H38IN5. The van der Waals surface area contributed by atoms with Crippen molar-refractivity contribution in [3.63, 3.8) is 0 Å². The van der Waals surface area contributed by atoms with Gasteiger partial charge in [-0.05, 0) is 57.4 Å². The molecule has 0 bridgehead atoms. The van der Waals surface area contributed by atoms with Gasteiger partial charge in [0.2, 0.25) is 0 Å². The van der Waals surface area contributed by atoms with Crippen molar-refractivity contribution in [2.24, 2.45) is 23.9 Å². The van der Waals surface area contributed by atoms with Gasteiger partial charge in [-0.15, -0.1) is 24.0 Å². The lowest BCUT2D eigenvalue weighted by atomic mass is 9.81. The van der Waals surface area contributed by atoms with Gasteiger partial charge >= 0.3 is 0 Å². The molecule has 0 spiro atoms. The van der Waals surface area contributed by atoms with E-state index in [-0.39, 0.29) is 24.0 Å². The molecule has 2 rings (SSSR count). The molecular weight excluding hydrogens is 437 g/mol. The average molecular weight is 475 g/mol. The number of aliphatic imine (C=N–C) groups is 1. The van der Waals surface area contributed by atoms with Gasteiger partial charge in [-0.1, -0.05) is 26.2 Å². The monoisotopic (exact) mass is 475 g/mol. The Morgan fingerprint density at radius 3 is 2.65 bits per heavy atom. The maximum Gasteiger partial charge on any atom is 0.191 e. The molecule has 1 aliphatic carbocycles. The van der Waals surface area contributed by atoms with Crippen molar-refractivity contribution < 1.29 is 0 Å². The molecule has 0 aromatic carbocycles. The van der Waals surface area contributed by atoms with Crippen molar-refractivity contribution in [1.29, 1.82) is 0 Å². The highest BCUT2D eigenvalue weighted by Crippen LogP contribution is 2.30. The second kappa shape index (κ2) is 11.1. The number of halogens is 1. The normalized spacial score (nSPS) is 21.8. The minimum Gasteiger partial charge on any atom is -0.356 e. The van der Waals surface area contributed by atoms with E-state index in [1.807, 2.05) is 18.8 Å². The summed E-state index contributed by atoms with van der Waals surface area (Å²) in [6.45, 7) is 9.84. The van der Waals surface area contributed by atoms with E-state index in [0.29, 0.717) is 6.04 Å². The molecule has 0 amide bonds. The summed E-state index contributed by atoms with van der Waals surface area (Å²) < 4.78 is 1.97. The Kier molecular flexibility index (Phi) is 9.97. The number of nitrogens with zero attached hydrogens (tertiary/aromatic N) is 3. The third-order valence-electron chi connectivity index (χ3n) is 5.67. The smallest absolute Gasteiger partial charge is 0.191 e. The molecule has 150 valence electrons. The lowest BCUT2D eigenvalue weighted by molar-refractivity contribution is 0.270. The van der Waals surface area contributed by atoms with Crippen LogP contribution in [0.4, 0.5) is 0 Å². The van der Waals surface area contributed by atoms with E-state index in [2.05, 4.69) is 48.4 Å². The summed E-state index contributed by atoms with van der Waals surface area (Å²) in [7, 11) is 3.86. The molecule has 2 N–H and O–H groups in total. The Bertz CT molecular complexity index is 581. The Labute approximate surface area is 176 Å². The number of aromatic nitrogens is 2. The van der Waals surface area contributed by atoms with Gasteiger partial charge in [0.15, 0.2) is 5.96 Å². The highest BCUT2D eigenvalue weighted by atomic mass is 127. The maximum absolute atomic E-state index is 4.51. The van der Waals surface area contributed by atoms with Crippen LogP contribution in [0.3, 0.4) is 0 Å². The van der Waals surface area contributed by atoms with Crippen LogP contribution in [0.15, 0.2) is 4.99 Å². The number of rotatable bonds is 6. The van der Waals surface area contributed by atoms with E-state index in [1.165, 1.54) is 43.4 Å². The van der Waals surface area contributed by atoms with Crippen LogP contribution in [0.5, 0.6) is 0 Å². The van der Waals surface area contributed by atoms with Gasteiger partial charge in [-0.3, -0.25) is 9.67 Å². The third kappa shape index (κ3) is 6.74. The van der Waals surface area contributed by atoms with Gasteiger partial charge < -0.3 is 10.6 Å². The Morgan fingerprint density at radius 2 is 2.08 bits per heavy atom.